The van der Waals surface area contributed by atoms with E-state index in [0.29, 0.717) is 6.42 Å². The molecule has 1 unspecified atom stereocenters. The van der Waals surface area contributed by atoms with Crippen molar-refractivity contribution in [2.45, 2.75) is 52.1 Å². The van der Waals surface area contributed by atoms with Gasteiger partial charge in [0.1, 0.15) is 5.82 Å². The van der Waals surface area contributed by atoms with Gasteiger partial charge in [0.2, 0.25) is 5.95 Å². The van der Waals surface area contributed by atoms with Crippen molar-refractivity contribution >= 4 is 11.8 Å². The zero-order valence-electron chi connectivity index (χ0n) is 18.1. The number of anilines is 2. The largest absolute Gasteiger partial charge is 0.396 e. The molecule has 0 radical (unpaired) electrons. The number of rotatable bonds is 12. The van der Waals surface area contributed by atoms with Crippen LogP contribution in [0.3, 0.4) is 0 Å². The SMILES string of the molecule is CCCC(CCO)Nc1nc(N)nc(C)c1Cc1ccc(CN(C)CC[NH3+])cc1. The maximum Gasteiger partial charge on any atom is 0.222 e. The van der Waals surface area contributed by atoms with E-state index >= 15 is 0 Å². The van der Waals surface area contributed by atoms with Crippen LogP contribution in [0.5, 0.6) is 0 Å². The normalized spacial score (nSPS) is 12.3. The number of benzene rings is 1. The highest BCUT2D eigenvalue weighted by atomic mass is 16.3. The molecule has 0 amide bonds. The molecule has 29 heavy (non-hydrogen) atoms. The van der Waals surface area contributed by atoms with E-state index in [1.165, 1.54) is 11.1 Å². The van der Waals surface area contributed by atoms with Crippen LogP contribution in [0.2, 0.25) is 0 Å². The Balaban J connectivity index is 2.19. The highest BCUT2D eigenvalue weighted by molar-refractivity contribution is 5.52. The maximum atomic E-state index is 9.37. The molecule has 0 fully saturated rings. The van der Waals surface area contributed by atoms with E-state index in [0.717, 1.165) is 56.0 Å². The number of nitrogens with one attached hydrogen (secondary N) is 1. The third kappa shape index (κ3) is 7.27. The zero-order valence-corrected chi connectivity index (χ0v) is 18.1. The summed E-state index contributed by atoms with van der Waals surface area (Å²) in [5.41, 5.74) is 14.3. The van der Waals surface area contributed by atoms with E-state index < -0.39 is 0 Å². The van der Waals surface area contributed by atoms with Gasteiger partial charge >= 0.3 is 0 Å². The minimum atomic E-state index is 0.149. The quantitative estimate of drug-likeness (QED) is 0.429. The van der Waals surface area contributed by atoms with Gasteiger partial charge in [0, 0.05) is 43.4 Å². The van der Waals surface area contributed by atoms with Crippen LogP contribution in [0.25, 0.3) is 0 Å². The molecular weight excluding hydrogens is 364 g/mol. The molecule has 2 aromatic rings. The summed E-state index contributed by atoms with van der Waals surface area (Å²) in [5.74, 6) is 1.05. The Labute approximate surface area is 174 Å². The van der Waals surface area contributed by atoms with E-state index in [2.05, 4.69) is 64.2 Å². The molecule has 7 nitrogen and oxygen atoms in total. The Bertz CT molecular complexity index is 744. The highest BCUT2D eigenvalue weighted by Crippen LogP contribution is 2.23. The summed E-state index contributed by atoms with van der Waals surface area (Å²) < 4.78 is 0. The average Bonchev–Trinajstić information content (AvgIpc) is 2.66. The number of nitrogen functional groups attached to an aromatic ring is 1. The number of likely N-dealkylation sites (N-methyl/N-ethyl adjacent to an activating group) is 1. The fraction of sp³-hybridized carbons (Fsp3) is 0.545. The molecule has 0 aliphatic carbocycles. The molecule has 7 heteroatoms. The van der Waals surface area contributed by atoms with Gasteiger partial charge in [-0.05, 0) is 37.9 Å². The Morgan fingerprint density at radius 3 is 2.48 bits per heavy atom. The summed E-state index contributed by atoms with van der Waals surface area (Å²) in [5, 5.41) is 12.9. The predicted molar refractivity (Wildman–Crippen MR) is 119 cm³/mol. The van der Waals surface area contributed by atoms with Gasteiger partial charge in [-0.3, -0.25) is 4.90 Å². The van der Waals surface area contributed by atoms with E-state index in [9.17, 15) is 5.11 Å². The molecule has 1 aromatic carbocycles. The number of nitrogens with zero attached hydrogens (tertiary/aromatic N) is 3. The zero-order chi connectivity index (χ0) is 21.2. The maximum absolute atomic E-state index is 9.37. The van der Waals surface area contributed by atoms with Crippen LogP contribution in [0, 0.1) is 6.92 Å². The van der Waals surface area contributed by atoms with Crippen LogP contribution in [-0.4, -0.2) is 52.8 Å². The number of aryl methyl sites for hydroxylation is 1. The standard InChI is InChI=1S/C22H36N6O/c1-4-5-19(10-13-29)26-21-20(16(2)25-22(24)27-21)14-17-6-8-18(9-7-17)15-28(3)12-11-23/h6-9,19,29H,4-5,10-15,23H2,1-3H3,(H3,24,25,26,27)/p+1. The molecule has 0 bridgehead atoms. The van der Waals surface area contributed by atoms with Crippen LogP contribution < -0.4 is 16.8 Å². The molecule has 0 saturated carbocycles. The highest BCUT2D eigenvalue weighted by Gasteiger charge is 2.15. The molecule has 1 heterocycles. The second-order valence-electron chi connectivity index (χ2n) is 7.72. The summed E-state index contributed by atoms with van der Waals surface area (Å²) in [6.07, 6.45) is 3.43. The first-order chi connectivity index (χ1) is 14.0. The van der Waals surface area contributed by atoms with E-state index in [4.69, 9.17) is 5.73 Å². The summed E-state index contributed by atoms with van der Waals surface area (Å²) in [6.45, 7) is 7.09. The van der Waals surface area contributed by atoms with E-state index in [1.807, 2.05) is 6.92 Å². The smallest absolute Gasteiger partial charge is 0.222 e. The van der Waals surface area contributed by atoms with Gasteiger partial charge in [0.05, 0.1) is 6.54 Å². The molecule has 1 atom stereocenters. The van der Waals surface area contributed by atoms with Gasteiger partial charge in [-0.2, -0.15) is 4.98 Å². The predicted octanol–water partition coefficient (Wildman–Crippen LogP) is 1.59. The summed E-state index contributed by atoms with van der Waals surface area (Å²) in [4.78, 5) is 11.1. The van der Waals surface area contributed by atoms with Gasteiger partial charge in [-0.1, -0.05) is 37.6 Å². The van der Waals surface area contributed by atoms with Gasteiger partial charge in [-0.25, -0.2) is 4.98 Å². The summed E-state index contributed by atoms with van der Waals surface area (Å²) in [6, 6.07) is 8.87. The van der Waals surface area contributed by atoms with Gasteiger partial charge < -0.3 is 21.9 Å². The van der Waals surface area contributed by atoms with Crippen LogP contribution in [0.4, 0.5) is 11.8 Å². The number of nitrogens with two attached hydrogens (primary N) is 1. The third-order valence-electron chi connectivity index (χ3n) is 5.08. The van der Waals surface area contributed by atoms with Crippen molar-refractivity contribution in [2.24, 2.45) is 0 Å². The Hall–Kier alpha value is -2.22. The van der Waals surface area contributed by atoms with Crippen molar-refractivity contribution in [2.75, 3.05) is 37.8 Å². The van der Waals surface area contributed by atoms with Gasteiger partial charge in [0.25, 0.3) is 0 Å². The first kappa shape index (κ1) is 23.1. The van der Waals surface area contributed by atoms with Crippen LogP contribution in [-0.2, 0) is 13.0 Å². The lowest BCUT2D eigenvalue weighted by Crippen LogP contribution is -2.54. The monoisotopic (exact) mass is 401 g/mol. The molecule has 7 N–H and O–H groups in total. The molecule has 0 spiro atoms. The van der Waals surface area contributed by atoms with Crippen molar-refractivity contribution in [1.82, 2.24) is 14.9 Å². The lowest BCUT2D eigenvalue weighted by Gasteiger charge is -2.21. The van der Waals surface area contributed by atoms with Crippen molar-refractivity contribution in [3.05, 3.63) is 46.6 Å². The Kier molecular flexibility index (Phi) is 9.31. The minimum absolute atomic E-state index is 0.149. The molecular formula is C22H37N6O+. The number of aromatic nitrogens is 2. The summed E-state index contributed by atoms with van der Waals surface area (Å²) >= 11 is 0. The number of aliphatic hydroxyl groups is 1. The van der Waals surface area contributed by atoms with Gasteiger partial charge in [0.15, 0.2) is 0 Å². The summed E-state index contributed by atoms with van der Waals surface area (Å²) in [7, 11) is 2.12. The molecule has 0 aliphatic heterocycles. The van der Waals surface area contributed by atoms with E-state index in [-0.39, 0.29) is 18.6 Å². The lowest BCUT2D eigenvalue weighted by atomic mass is 10.0. The van der Waals surface area contributed by atoms with Crippen LogP contribution in [0.15, 0.2) is 24.3 Å². The lowest BCUT2D eigenvalue weighted by molar-refractivity contribution is -0.368. The van der Waals surface area contributed by atoms with Gasteiger partial charge in [-0.15, -0.1) is 0 Å². The number of hydrogen-bond donors (Lipinski definition) is 4. The number of quaternary nitrogens is 1. The third-order valence-corrected chi connectivity index (χ3v) is 5.08. The van der Waals surface area contributed by atoms with Crippen molar-refractivity contribution in [3.63, 3.8) is 0 Å². The van der Waals surface area contributed by atoms with E-state index in [1.54, 1.807) is 0 Å². The molecule has 1 aromatic heterocycles. The number of hydrogen-bond acceptors (Lipinski definition) is 6. The van der Waals surface area contributed by atoms with Crippen LogP contribution in [0.1, 0.15) is 48.6 Å². The molecule has 0 aliphatic rings. The first-order valence-corrected chi connectivity index (χ1v) is 10.5. The van der Waals surface area contributed by atoms with Crippen LogP contribution >= 0.6 is 0 Å². The van der Waals surface area contributed by atoms with Crippen molar-refractivity contribution in [1.29, 1.82) is 0 Å². The first-order valence-electron chi connectivity index (χ1n) is 10.5. The second kappa shape index (κ2) is 11.7. The minimum Gasteiger partial charge on any atom is -0.396 e. The molecule has 160 valence electrons. The molecule has 0 saturated heterocycles. The second-order valence-corrected chi connectivity index (χ2v) is 7.72. The number of aliphatic hydroxyl groups excluding tert-OH is 1. The fourth-order valence-electron chi connectivity index (χ4n) is 3.56. The van der Waals surface area contributed by atoms with Crippen molar-refractivity contribution < 1.29 is 10.8 Å². The topological polar surface area (TPSA) is 115 Å². The van der Waals surface area contributed by atoms with Crippen molar-refractivity contribution in [3.8, 4) is 0 Å². The fourth-order valence-corrected chi connectivity index (χ4v) is 3.56. The molecule has 2 rings (SSSR count). The Morgan fingerprint density at radius 2 is 1.86 bits per heavy atom. The Morgan fingerprint density at radius 1 is 1.17 bits per heavy atom. The average molecular weight is 402 g/mol.